The molecule has 2 atom stereocenters. The summed E-state index contributed by atoms with van der Waals surface area (Å²) in [4.78, 5) is 2.51. The molecule has 3 nitrogen and oxygen atoms in total. The molecule has 1 rings (SSSR count). The molecule has 3 heteroatoms. The van der Waals surface area contributed by atoms with E-state index < -0.39 is 0 Å². The Bertz CT molecular complexity index is 211. The number of ether oxygens (including phenoxy) is 1. The third-order valence-electron chi connectivity index (χ3n) is 4.16. The Morgan fingerprint density at radius 3 is 2.63 bits per heavy atom. The minimum absolute atomic E-state index is 0.389. The first-order chi connectivity index (χ1) is 9.31. The second-order valence-electron chi connectivity index (χ2n) is 5.67. The van der Waals surface area contributed by atoms with Crippen molar-refractivity contribution in [3.63, 3.8) is 0 Å². The average Bonchev–Trinajstić information content (AvgIpc) is 2.46. The molecule has 1 heterocycles. The minimum atomic E-state index is 0.389. The van der Waals surface area contributed by atoms with Crippen molar-refractivity contribution in [2.75, 3.05) is 32.8 Å². The highest BCUT2D eigenvalue weighted by Crippen LogP contribution is 2.15. The third-order valence-corrected chi connectivity index (χ3v) is 4.16. The van der Waals surface area contributed by atoms with Gasteiger partial charge in [0.05, 0.1) is 12.7 Å². The van der Waals surface area contributed by atoms with Crippen molar-refractivity contribution in [2.45, 2.75) is 71.4 Å². The first-order valence-corrected chi connectivity index (χ1v) is 8.39. The van der Waals surface area contributed by atoms with Gasteiger partial charge in [0.2, 0.25) is 0 Å². The van der Waals surface area contributed by atoms with Crippen LogP contribution in [0.1, 0.15) is 59.3 Å². The van der Waals surface area contributed by atoms with E-state index in [1.54, 1.807) is 0 Å². The van der Waals surface area contributed by atoms with Crippen LogP contribution in [0, 0.1) is 0 Å². The zero-order valence-corrected chi connectivity index (χ0v) is 13.3. The lowest BCUT2D eigenvalue weighted by Crippen LogP contribution is -2.52. The first kappa shape index (κ1) is 16.9. The fraction of sp³-hybridized carbons (Fsp3) is 1.00. The summed E-state index contributed by atoms with van der Waals surface area (Å²) in [5.74, 6) is 0. The van der Waals surface area contributed by atoms with Crippen LogP contribution in [-0.2, 0) is 4.74 Å². The maximum absolute atomic E-state index is 6.00. The van der Waals surface area contributed by atoms with Gasteiger partial charge in [-0.05, 0) is 19.5 Å². The highest BCUT2D eigenvalue weighted by molar-refractivity contribution is 4.82. The molecule has 114 valence electrons. The monoisotopic (exact) mass is 270 g/mol. The molecule has 0 aliphatic carbocycles. The summed E-state index contributed by atoms with van der Waals surface area (Å²) in [6.07, 6.45) is 8.47. The lowest BCUT2D eigenvalue weighted by molar-refractivity contribution is -0.0462. The summed E-state index contributed by atoms with van der Waals surface area (Å²) in [5, 5.41) is 3.64. The number of hydrogen-bond acceptors (Lipinski definition) is 3. The molecule has 0 aromatic rings. The summed E-state index contributed by atoms with van der Waals surface area (Å²) in [6.45, 7) is 12.0. The number of morpholine rings is 1. The van der Waals surface area contributed by atoms with Gasteiger partial charge < -0.3 is 10.1 Å². The Hall–Kier alpha value is -0.120. The van der Waals surface area contributed by atoms with E-state index in [4.69, 9.17) is 4.74 Å². The van der Waals surface area contributed by atoms with E-state index >= 15 is 0 Å². The standard InChI is InChI=1S/C16H34N2O/c1-4-7-8-9-10-11-15(17-5-2)16-14-18(6-3)12-13-19-16/h15-17H,4-14H2,1-3H3. The van der Waals surface area contributed by atoms with Crippen molar-refractivity contribution in [1.29, 1.82) is 0 Å². The Balaban J connectivity index is 2.29. The Morgan fingerprint density at radius 1 is 1.16 bits per heavy atom. The first-order valence-electron chi connectivity index (χ1n) is 8.39. The van der Waals surface area contributed by atoms with Crippen LogP contribution in [0.3, 0.4) is 0 Å². The minimum Gasteiger partial charge on any atom is -0.374 e. The summed E-state index contributed by atoms with van der Waals surface area (Å²) < 4.78 is 6.00. The maximum atomic E-state index is 6.00. The van der Waals surface area contributed by atoms with Crippen molar-refractivity contribution >= 4 is 0 Å². The Kier molecular flexibility index (Phi) is 9.48. The molecule has 0 amide bonds. The molecule has 1 aliphatic rings. The van der Waals surface area contributed by atoms with Gasteiger partial charge in [-0.15, -0.1) is 0 Å². The highest BCUT2D eigenvalue weighted by Gasteiger charge is 2.26. The molecular formula is C16H34N2O. The Morgan fingerprint density at radius 2 is 1.95 bits per heavy atom. The molecule has 19 heavy (non-hydrogen) atoms. The van der Waals surface area contributed by atoms with E-state index in [-0.39, 0.29) is 0 Å². The van der Waals surface area contributed by atoms with Gasteiger partial charge in [-0.1, -0.05) is 52.9 Å². The molecule has 0 saturated carbocycles. The van der Waals surface area contributed by atoms with E-state index in [0.29, 0.717) is 12.1 Å². The van der Waals surface area contributed by atoms with E-state index in [1.165, 1.54) is 38.5 Å². The number of nitrogens with zero attached hydrogens (tertiary/aromatic N) is 1. The Labute approximate surface area is 120 Å². The fourth-order valence-corrected chi connectivity index (χ4v) is 2.91. The summed E-state index contributed by atoms with van der Waals surface area (Å²) in [7, 11) is 0. The van der Waals surface area contributed by atoms with Gasteiger partial charge in [-0.25, -0.2) is 0 Å². The van der Waals surface area contributed by atoms with Crippen molar-refractivity contribution < 1.29 is 4.74 Å². The van der Waals surface area contributed by atoms with E-state index in [2.05, 4.69) is 31.0 Å². The van der Waals surface area contributed by atoms with E-state index in [1.807, 2.05) is 0 Å². The van der Waals surface area contributed by atoms with Gasteiger partial charge >= 0.3 is 0 Å². The lowest BCUT2D eigenvalue weighted by atomic mass is 10.0. The summed E-state index contributed by atoms with van der Waals surface area (Å²) in [6, 6.07) is 0.543. The van der Waals surface area contributed by atoms with Crippen LogP contribution in [0.25, 0.3) is 0 Å². The zero-order chi connectivity index (χ0) is 13.9. The highest BCUT2D eigenvalue weighted by atomic mass is 16.5. The third kappa shape index (κ3) is 6.73. The predicted molar refractivity (Wildman–Crippen MR) is 82.7 cm³/mol. The van der Waals surface area contributed by atoms with Crippen LogP contribution in [0.5, 0.6) is 0 Å². The molecule has 2 unspecified atom stereocenters. The molecule has 1 saturated heterocycles. The molecule has 0 radical (unpaired) electrons. The van der Waals surface area contributed by atoms with Crippen LogP contribution >= 0.6 is 0 Å². The average molecular weight is 270 g/mol. The van der Waals surface area contributed by atoms with Crippen molar-refractivity contribution in [2.24, 2.45) is 0 Å². The van der Waals surface area contributed by atoms with Crippen LogP contribution in [0.2, 0.25) is 0 Å². The lowest BCUT2D eigenvalue weighted by Gasteiger charge is -2.37. The maximum Gasteiger partial charge on any atom is 0.0855 e. The van der Waals surface area contributed by atoms with Gasteiger partial charge in [0.25, 0.3) is 0 Å². The molecule has 0 aromatic carbocycles. The number of nitrogens with one attached hydrogen (secondary N) is 1. The number of likely N-dealkylation sites (N-methyl/N-ethyl adjacent to an activating group) is 2. The number of hydrogen-bond donors (Lipinski definition) is 1. The van der Waals surface area contributed by atoms with E-state index in [9.17, 15) is 0 Å². The van der Waals surface area contributed by atoms with Crippen molar-refractivity contribution in [3.8, 4) is 0 Å². The number of rotatable bonds is 10. The van der Waals surface area contributed by atoms with Crippen LogP contribution < -0.4 is 5.32 Å². The quantitative estimate of drug-likeness (QED) is 0.618. The normalized spacial score (nSPS) is 22.6. The second kappa shape index (κ2) is 10.6. The predicted octanol–water partition coefficient (Wildman–Crippen LogP) is 3.05. The molecule has 0 aromatic heterocycles. The molecule has 1 aliphatic heterocycles. The van der Waals surface area contributed by atoms with Crippen LogP contribution in [0.15, 0.2) is 0 Å². The van der Waals surface area contributed by atoms with Crippen LogP contribution in [-0.4, -0.2) is 49.8 Å². The van der Waals surface area contributed by atoms with Gasteiger partial charge in [-0.2, -0.15) is 0 Å². The smallest absolute Gasteiger partial charge is 0.0855 e. The summed E-state index contributed by atoms with van der Waals surface area (Å²) in [5.41, 5.74) is 0. The van der Waals surface area contributed by atoms with Gasteiger partial charge in [0.15, 0.2) is 0 Å². The zero-order valence-electron chi connectivity index (χ0n) is 13.3. The molecular weight excluding hydrogens is 236 g/mol. The van der Waals surface area contributed by atoms with Crippen molar-refractivity contribution in [3.05, 3.63) is 0 Å². The largest absolute Gasteiger partial charge is 0.374 e. The fourth-order valence-electron chi connectivity index (χ4n) is 2.91. The molecule has 0 spiro atoms. The van der Waals surface area contributed by atoms with E-state index in [0.717, 1.165) is 32.8 Å². The summed E-state index contributed by atoms with van der Waals surface area (Å²) >= 11 is 0. The van der Waals surface area contributed by atoms with Gasteiger partial charge in [0, 0.05) is 19.1 Å². The van der Waals surface area contributed by atoms with Crippen molar-refractivity contribution in [1.82, 2.24) is 10.2 Å². The topological polar surface area (TPSA) is 24.5 Å². The SMILES string of the molecule is CCCCCCCC(NCC)C1CN(CC)CCO1. The van der Waals surface area contributed by atoms with Gasteiger partial charge in [0.1, 0.15) is 0 Å². The number of unbranched alkanes of at least 4 members (excludes halogenated alkanes) is 4. The molecule has 1 N–H and O–H groups in total. The molecule has 1 fully saturated rings. The molecule has 0 bridgehead atoms. The second-order valence-corrected chi connectivity index (χ2v) is 5.67. The van der Waals surface area contributed by atoms with Crippen LogP contribution in [0.4, 0.5) is 0 Å². The van der Waals surface area contributed by atoms with Gasteiger partial charge in [-0.3, -0.25) is 4.90 Å².